The number of ketones is 1. The molecule has 144 valence electrons. The van der Waals surface area contributed by atoms with Crippen LogP contribution in [-0.4, -0.2) is 18.9 Å². The molecule has 1 aliphatic rings. The summed E-state index contributed by atoms with van der Waals surface area (Å²) in [6.45, 7) is 0. The number of hydrogen-bond acceptors (Lipinski definition) is 5. The molecule has 0 radical (unpaired) electrons. The molecule has 0 aliphatic carbocycles. The third-order valence-electron chi connectivity index (χ3n) is 4.37. The van der Waals surface area contributed by atoms with E-state index in [1.165, 1.54) is 37.5 Å². The molecule has 3 aromatic rings. The van der Waals surface area contributed by atoms with Crippen LogP contribution in [0.2, 0.25) is 0 Å². The minimum atomic E-state index is -0.603. The number of esters is 1. The minimum absolute atomic E-state index is 0.00157. The van der Waals surface area contributed by atoms with Crippen molar-refractivity contribution in [1.82, 2.24) is 0 Å². The van der Waals surface area contributed by atoms with Crippen LogP contribution in [0, 0.1) is 5.82 Å². The second kappa shape index (κ2) is 7.59. The van der Waals surface area contributed by atoms with E-state index >= 15 is 0 Å². The molecule has 0 atom stereocenters. The molecule has 0 aromatic heterocycles. The summed E-state index contributed by atoms with van der Waals surface area (Å²) >= 11 is 0. The molecule has 29 heavy (non-hydrogen) atoms. The Kier molecular flexibility index (Phi) is 4.83. The van der Waals surface area contributed by atoms with Crippen molar-refractivity contribution in [3.8, 4) is 17.2 Å². The van der Waals surface area contributed by atoms with Crippen molar-refractivity contribution in [2.45, 2.75) is 0 Å². The first-order valence-corrected chi connectivity index (χ1v) is 8.75. The fourth-order valence-corrected chi connectivity index (χ4v) is 2.94. The average Bonchev–Trinajstić information content (AvgIpc) is 3.04. The van der Waals surface area contributed by atoms with Crippen LogP contribution in [0.5, 0.6) is 17.2 Å². The fraction of sp³-hybridized carbons (Fsp3) is 0.0435. The Bertz CT molecular complexity index is 1150. The summed E-state index contributed by atoms with van der Waals surface area (Å²) in [4.78, 5) is 24.9. The molecule has 5 nitrogen and oxygen atoms in total. The number of ether oxygens (including phenoxy) is 3. The van der Waals surface area contributed by atoms with E-state index in [-0.39, 0.29) is 34.2 Å². The SMILES string of the molecule is COc1ccccc1C(=O)Oc1ccc2c(c1)OC(=Cc1ccccc1F)C2=O. The van der Waals surface area contributed by atoms with Gasteiger partial charge in [0.2, 0.25) is 5.78 Å². The highest BCUT2D eigenvalue weighted by molar-refractivity contribution is 6.14. The fourth-order valence-electron chi connectivity index (χ4n) is 2.94. The van der Waals surface area contributed by atoms with E-state index in [1.807, 2.05) is 0 Å². The molecule has 6 heteroatoms. The number of para-hydroxylation sites is 1. The summed E-state index contributed by atoms with van der Waals surface area (Å²) in [7, 11) is 1.46. The smallest absolute Gasteiger partial charge is 0.347 e. The summed E-state index contributed by atoms with van der Waals surface area (Å²) in [6.07, 6.45) is 1.35. The van der Waals surface area contributed by atoms with Gasteiger partial charge in [0.05, 0.1) is 12.7 Å². The van der Waals surface area contributed by atoms with E-state index in [1.54, 1.807) is 42.5 Å². The summed E-state index contributed by atoms with van der Waals surface area (Å²) in [6, 6.07) is 17.2. The Balaban J connectivity index is 1.58. The zero-order chi connectivity index (χ0) is 20.4. The van der Waals surface area contributed by atoms with Gasteiger partial charge in [0, 0.05) is 11.6 Å². The van der Waals surface area contributed by atoms with E-state index in [0.29, 0.717) is 11.3 Å². The van der Waals surface area contributed by atoms with E-state index in [2.05, 4.69) is 0 Å². The average molecular weight is 390 g/mol. The van der Waals surface area contributed by atoms with Gasteiger partial charge < -0.3 is 14.2 Å². The van der Waals surface area contributed by atoms with E-state index in [0.717, 1.165) is 0 Å². The van der Waals surface area contributed by atoms with Crippen LogP contribution in [0.25, 0.3) is 6.08 Å². The molecule has 0 saturated heterocycles. The summed E-state index contributed by atoms with van der Waals surface area (Å²) in [5.41, 5.74) is 0.823. The van der Waals surface area contributed by atoms with Crippen LogP contribution in [0.3, 0.4) is 0 Å². The molecule has 3 aromatic carbocycles. The lowest BCUT2D eigenvalue weighted by Crippen LogP contribution is -2.10. The maximum absolute atomic E-state index is 13.9. The number of benzene rings is 3. The minimum Gasteiger partial charge on any atom is -0.496 e. The van der Waals surface area contributed by atoms with Gasteiger partial charge in [-0.15, -0.1) is 0 Å². The number of rotatable bonds is 4. The number of fused-ring (bicyclic) bond motifs is 1. The molecule has 0 fully saturated rings. The normalized spacial score (nSPS) is 13.7. The number of carbonyl (C=O) groups is 2. The molecule has 0 saturated carbocycles. The molecule has 1 aliphatic heterocycles. The third-order valence-corrected chi connectivity index (χ3v) is 4.37. The van der Waals surface area contributed by atoms with Crippen LogP contribution in [0.4, 0.5) is 4.39 Å². The van der Waals surface area contributed by atoms with E-state index in [4.69, 9.17) is 14.2 Å². The molecule has 0 N–H and O–H groups in total. The lowest BCUT2D eigenvalue weighted by Gasteiger charge is -2.08. The van der Waals surface area contributed by atoms with Crippen molar-refractivity contribution in [2.75, 3.05) is 7.11 Å². The van der Waals surface area contributed by atoms with Gasteiger partial charge in [-0.3, -0.25) is 4.79 Å². The lowest BCUT2D eigenvalue weighted by atomic mass is 10.1. The Hall–Kier alpha value is -3.93. The molecule has 0 bridgehead atoms. The zero-order valence-corrected chi connectivity index (χ0v) is 15.3. The third kappa shape index (κ3) is 3.60. The first-order chi connectivity index (χ1) is 14.1. The van der Waals surface area contributed by atoms with Gasteiger partial charge in [-0.05, 0) is 36.4 Å². The standard InChI is InChI=1S/C23H15FO5/c1-27-19-9-5-3-7-17(19)23(26)28-15-10-11-16-20(13-15)29-21(22(16)25)12-14-6-2-4-8-18(14)24/h2-13H,1H3. The van der Waals surface area contributed by atoms with Gasteiger partial charge in [-0.2, -0.15) is 0 Å². The Morgan fingerprint density at radius 1 is 1.03 bits per heavy atom. The first-order valence-electron chi connectivity index (χ1n) is 8.75. The van der Waals surface area contributed by atoms with Gasteiger partial charge >= 0.3 is 5.97 Å². The van der Waals surface area contributed by atoms with Gasteiger partial charge in [0.15, 0.2) is 5.76 Å². The maximum Gasteiger partial charge on any atom is 0.347 e. The summed E-state index contributed by atoms with van der Waals surface area (Å²) < 4.78 is 30.0. The second-order valence-electron chi connectivity index (χ2n) is 6.21. The van der Waals surface area contributed by atoms with Crippen molar-refractivity contribution < 1.29 is 28.2 Å². The van der Waals surface area contributed by atoms with Crippen LogP contribution in [-0.2, 0) is 0 Å². The predicted octanol–water partition coefficient (Wildman–Crippen LogP) is 4.67. The van der Waals surface area contributed by atoms with Crippen LogP contribution >= 0.6 is 0 Å². The highest BCUT2D eigenvalue weighted by Crippen LogP contribution is 2.35. The topological polar surface area (TPSA) is 61.8 Å². The Morgan fingerprint density at radius 3 is 2.59 bits per heavy atom. The highest BCUT2D eigenvalue weighted by Gasteiger charge is 2.28. The molecular weight excluding hydrogens is 375 g/mol. The molecular formula is C23H15FO5. The lowest BCUT2D eigenvalue weighted by molar-refractivity contribution is 0.0731. The zero-order valence-electron chi connectivity index (χ0n) is 15.3. The number of carbonyl (C=O) groups excluding carboxylic acids is 2. The summed E-state index contributed by atoms with van der Waals surface area (Å²) in [5, 5.41) is 0. The van der Waals surface area contributed by atoms with Crippen molar-refractivity contribution >= 4 is 17.8 Å². The largest absolute Gasteiger partial charge is 0.496 e. The monoisotopic (exact) mass is 390 g/mol. The van der Waals surface area contributed by atoms with Crippen LogP contribution in [0.1, 0.15) is 26.3 Å². The Morgan fingerprint density at radius 2 is 1.79 bits per heavy atom. The van der Waals surface area contributed by atoms with Crippen molar-refractivity contribution in [2.24, 2.45) is 0 Å². The number of methoxy groups -OCH3 is 1. The molecule has 0 unspecified atom stereocenters. The number of allylic oxidation sites excluding steroid dienone is 1. The van der Waals surface area contributed by atoms with Crippen LogP contribution in [0.15, 0.2) is 72.5 Å². The van der Waals surface area contributed by atoms with Gasteiger partial charge in [0.1, 0.15) is 28.6 Å². The quantitative estimate of drug-likeness (QED) is 0.368. The molecule has 0 amide bonds. The van der Waals surface area contributed by atoms with Crippen molar-refractivity contribution in [3.63, 3.8) is 0 Å². The maximum atomic E-state index is 13.9. The van der Waals surface area contributed by atoms with Crippen molar-refractivity contribution in [1.29, 1.82) is 0 Å². The van der Waals surface area contributed by atoms with Crippen molar-refractivity contribution in [3.05, 3.63) is 95.0 Å². The number of halogens is 1. The van der Waals surface area contributed by atoms with Crippen LogP contribution < -0.4 is 14.2 Å². The van der Waals surface area contributed by atoms with Gasteiger partial charge in [-0.25, -0.2) is 9.18 Å². The molecule has 4 rings (SSSR count). The van der Waals surface area contributed by atoms with E-state index in [9.17, 15) is 14.0 Å². The summed E-state index contributed by atoms with van der Waals surface area (Å²) in [5.74, 6) is -0.598. The second-order valence-corrected chi connectivity index (χ2v) is 6.21. The highest BCUT2D eigenvalue weighted by atomic mass is 19.1. The predicted molar refractivity (Wildman–Crippen MR) is 104 cm³/mol. The van der Waals surface area contributed by atoms with Gasteiger partial charge in [0.25, 0.3) is 0 Å². The molecule has 1 heterocycles. The van der Waals surface area contributed by atoms with Gasteiger partial charge in [-0.1, -0.05) is 30.3 Å². The molecule has 0 spiro atoms. The van der Waals surface area contributed by atoms with E-state index < -0.39 is 11.8 Å². The number of hydrogen-bond donors (Lipinski definition) is 0. The first kappa shape index (κ1) is 18.4. The Labute approximate surface area is 166 Å². The number of Topliss-reactive ketones (excluding diaryl/α,β-unsaturated/α-hetero) is 1.